The molecule has 5 atom stereocenters. The molecule has 49 heavy (non-hydrogen) atoms. The van der Waals surface area contributed by atoms with E-state index in [1.165, 1.54) is 25.5 Å². The van der Waals surface area contributed by atoms with E-state index in [0.29, 0.717) is 19.4 Å². The Morgan fingerprint density at radius 3 is 2.16 bits per heavy atom. The molecule has 2 saturated carbocycles. The fraction of sp³-hybridized carbons (Fsp3) is 0.730. The molecule has 1 saturated heterocycles. The van der Waals surface area contributed by atoms with Crippen LogP contribution in [0.4, 0.5) is 0 Å². The van der Waals surface area contributed by atoms with Gasteiger partial charge in [0.15, 0.2) is 5.78 Å². The largest absolute Gasteiger partial charge is 0.344 e. The van der Waals surface area contributed by atoms with E-state index >= 15 is 0 Å². The van der Waals surface area contributed by atoms with Gasteiger partial charge in [-0.15, -0.1) is 0 Å². The predicted molar refractivity (Wildman–Crippen MR) is 184 cm³/mol. The van der Waals surface area contributed by atoms with Crippen molar-refractivity contribution in [2.75, 3.05) is 6.54 Å². The Balaban J connectivity index is 1.65. The number of Topliss-reactive ketones (excluding diaryl/α,β-unsaturated/α-hetero) is 2. The molecule has 2 heterocycles. The Bertz CT molecular complexity index is 1360. The maximum Gasteiger partial charge on any atom is 0.272 e. The van der Waals surface area contributed by atoms with E-state index in [-0.39, 0.29) is 28.9 Å². The zero-order valence-electron chi connectivity index (χ0n) is 30.2. The number of likely N-dealkylation sites (tertiary alicyclic amines) is 1. The number of hydrogen-bond donors (Lipinski definition) is 3. The Kier molecular flexibility index (Phi) is 12.7. The minimum atomic E-state index is -1.01. The predicted octanol–water partition coefficient (Wildman–Crippen LogP) is 3.93. The van der Waals surface area contributed by atoms with Gasteiger partial charge in [-0.3, -0.25) is 33.8 Å². The number of hydrogen-bond acceptors (Lipinski definition) is 8. The van der Waals surface area contributed by atoms with Gasteiger partial charge in [-0.05, 0) is 54.8 Å². The van der Waals surface area contributed by atoms with Crippen LogP contribution < -0.4 is 16.0 Å². The Hall–Kier alpha value is -3.70. The topological polar surface area (TPSA) is 168 Å². The van der Waals surface area contributed by atoms with Crippen molar-refractivity contribution < 1.29 is 28.8 Å². The molecule has 1 aromatic rings. The third-order valence-electron chi connectivity index (χ3n) is 11.1. The highest BCUT2D eigenvalue weighted by Crippen LogP contribution is 2.50. The van der Waals surface area contributed by atoms with Crippen molar-refractivity contribution in [2.45, 2.75) is 143 Å². The number of amides is 4. The summed E-state index contributed by atoms with van der Waals surface area (Å²) in [5.74, 6) is -3.38. The van der Waals surface area contributed by atoms with Crippen LogP contribution in [-0.2, 0) is 24.0 Å². The summed E-state index contributed by atoms with van der Waals surface area (Å²) in [6.07, 6.45) is 14.4. The van der Waals surface area contributed by atoms with Crippen LogP contribution in [0.1, 0.15) is 129 Å². The Morgan fingerprint density at radius 2 is 1.59 bits per heavy atom. The molecule has 5 unspecified atom stereocenters. The summed E-state index contributed by atoms with van der Waals surface area (Å²) < 4.78 is 0. The molecular weight excluding hydrogens is 624 g/mol. The third kappa shape index (κ3) is 8.91. The Morgan fingerprint density at radius 1 is 0.939 bits per heavy atom. The summed E-state index contributed by atoms with van der Waals surface area (Å²) in [6.45, 7) is 11.1. The molecule has 1 aliphatic heterocycles. The lowest BCUT2D eigenvalue weighted by Gasteiger charge is -2.38. The van der Waals surface area contributed by atoms with E-state index in [0.717, 1.165) is 64.2 Å². The second-order valence-corrected chi connectivity index (χ2v) is 15.6. The zero-order valence-corrected chi connectivity index (χ0v) is 30.2. The van der Waals surface area contributed by atoms with E-state index in [1.54, 1.807) is 4.90 Å². The van der Waals surface area contributed by atoms with Crippen LogP contribution >= 0.6 is 0 Å². The normalized spacial score (nSPS) is 22.9. The molecule has 4 rings (SSSR count). The number of carbonyl (C=O) groups excluding carboxylic acids is 6. The summed E-state index contributed by atoms with van der Waals surface area (Å²) >= 11 is 0. The van der Waals surface area contributed by atoms with Crippen molar-refractivity contribution in [3.05, 3.63) is 24.3 Å². The van der Waals surface area contributed by atoms with Crippen LogP contribution in [0, 0.1) is 22.7 Å². The van der Waals surface area contributed by atoms with Crippen molar-refractivity contribution in [3.8, 4) is 0 Å². The minimum absolute atomic E-state index is 0.0990. The molecule has 3 aliphatic rings. The third-order valence-corrected chi connectivity index (χ3v) is 11.1. The summed E-state index contributed by atoms with van der Waals surface area (Å²) in [4.78, 5) is 90.9. The summed E-state index contributed by atoms with van der Waals surface area (Å²) in [7, 11) is 0. The number of nitrogens with zero attached hydrogens (tertiary/aromatic N) is 3. The van der Waals surface area contributed by atoms with Crippen LogP contribution in [0.3, 0.4) is 0 Å². The smallest absolute Gasteiger partial charge is 0.272 e. The number of rotatable bonds is 12. The number of carbonyl (C=O) groups is 6. The van der Waals surface area contributed by atoms with E-state index in [9.17, 15) is 28.8 Å². The van der Waals surface area contributed by atoms with Gasteiger partial charge in [0.1, 0.15) is 23.8 Å². The monoisotopic (exact) mass is 680 g/mol. The molecule has 0 aromatic carbocycles. The van der Waals surface area contributed by atoms with Crippen molar-refractivity contribution >= 4 is 35.2 Å². The molecule has 0 bridgehead atoms. The fourth-order valence-electron chi connectivity index (χ4n) is 8.24. The first-order chi connectivity index (χ1) is 23.2. The average molecular weight is 681 g/mol. The number of aromatic nitrogens is 2. The summed E-state index contributed by atoms with van der Waals surface area (Å²) in [5.41, 5.74) is -0.926. The summed E-state index contributed by atoms with van der Waals surface area (Å²) in [5, 5.41) is 8.78. The first kappa shape index (κ1) is 38.1. The minimum Gasteiger partial charge on any atom is -0.344 e. The Labute approximate surface area is 290 Å². The average Bonchev–Trinajstić information content (AvgIpc) is 3.36. The summed E-state index contributed by atoms with van der Waals surface area (Å²) in [6, 6.07) is -3.74. The SMILES string of the molecule is CCCC(NC(=O)C1C(C)C2(CCCCC2)CN1C(=O)C(NC(=O)C(NC(=O)c1cnccn1)C1CCCCC1)C(C)(C)C)C(=O)C(C)=O. The van der Waals surface area contributed by atoms with Gasteiger partial charge in [0.2, 0.25) is 23.5 Å². The molecule has 3 N–H and O–H groups in total. The van der Waals surface area contributed by atoms with Crippen molar-refractivity contribution in [3.63, 3.8) is 0 Å². The van der Waals surface area contributed by atoms with Gasteiger partial charge in [0, 0.05) is 25.9 Å². The van der Waals surface area contributed by atoms with E-state index < -0.39 is 58.9 Å². The van der Waals surface area contributed by atoms with Gasteiger partial charge in [-0.1, -0.05) is 79.6 Å². The van der Waals surface area contributed by atoms with Crippen LogP contribution in [0.25, 0.3) is 0 Å². The first-order valence-electron chi connectivity index (χ1n) is 18.2. The molecule has 3 fully saturated rings. The van der Waals surface area contributed by atoms with Crippen LogP contribution in [0.2, 0.25) is 0 Å². The molecular formula is C37H56N6O6. The maximum absolute atomic E-state index is 14.8. The van der Waals surface area contributed by atoms with Gasteiger partial charge in [0.05, 0.1) is 12.2 Å². The zero-order chi connectivity index (χ0) is 35.9. The van der Waals surface area contributed by atoms with Crippen molar-refractivity contribution in [1.29, 1.82) is 0 Å². The first-order valence-corrected chi connectivity index (χ1v) is 18.2. The quantitative estimate of drug-likeness (QED) is 0.279. The molecule has 12 nitrogen and oxygen atoms in total. The van der Waals surface area contributed by atoms with Crippen molar-refractivity contribution in [1.82, 2.24) is 30.8 Å². The van der Waals surface area contributed by atoms with Gasteiger partial charge in [-0.2, -0.15) is 0 Å². The van der Waals surface area contributed by atoms with Gasteiger partial charge in [-0.25, -0.2) is 4.98 Å². The lowest BCUT2D eigenvalue weighted by atomic mass is 9.67. The van der Waals surface area contributed by atoms with Crippen LogP contribution in [0.15, 0.2) is 18.6 Å². The van der Waals surface area contributed by atoms with Crippen LogP contribution in [0.5, 0.6) is 0 Å². The molecule has 0 radical (unpaired) electrons. The molecule has 4 amide bonds. The maximum atomic E-state index is 14.8. The van der Waals surface area contributed by atoms with E-state index in [4.69, 9.17) is 0 Å². The number of ketones is 2. The standard InChI is InChI=1S/C37H56N6O6/c1-7-14-26(30(45)24(3)44)40-34(48)29-23(2)37(17-12-9-13-18-37)22-43(29)35(49)31(36(4,5)6)42-33(47)28(25-15-10-8-11-16-25)41-32(46)27-21-38-19-20-39-27/h19-21,23,25-26,28-29,31H,7-18,22H2,1-6H3,(H,40,48)(H,41,46)(H,42,47). The highest BCUT2D eigenvalue weighted by Gasteiger charge is 2.56. The fourth-order valence-corrected chi connectivity index (χ4v) is 8.24. The number of nitrogens with one attached hydrogen (secondary N) is 3. The molecule has 1 spiro atoms. The van der Waals surface area contributed by atoms with E-state index in [2.05, 4.69) is 25.9 Å². The van der Waals surface area contributed by atoms with E-state index in [1.807, 2.05) is 34.6 Å². The lowest BCUT2D eigenvalue weighted by Crippen LogP contribution is -2.62. The van der Waals surface area contributed by atoms with Gasteiger partial charge >= 0.3 is 0 Å². The molecule has 2 aliphatic carbocycles. The molecule has 270 valence electrons. The van der Waals surface area contributed by atoms with Gasteiger partial charge in [0.25, 0.3) is 5.91 Å². The van der Waals surface area contributed by atoms with Crippen LogP contribution in [-0.4, -0.2) is 80.8 Å². The van der Waals surface area contributed by atoms with Crippen molar-refractivity contribution in [2.24, 2.45) is 22.7 Å². The second kappa shape index (κ2) is 16.3. The van der Waals surface area contributed by atoms with Gasteiger partial charge < -0.3 is 20.9 Å². The highest BCUT2D eigenvalue weighted by atomic mass is 16.2. The lowest BCUT2D eigenvalue weighted by molar-refractivity contribution is -0.145. The highest BCUT2D eigenvalue weighted by molar-refractivity contribution is 6.38. The molecule has 1 aromatic heterocycles. The molecule has 12 heteroatoms. The second-order valence-electron chi connectivity index (χ2n) is 15.6.